The van der Waals surface area contributed by atoms with Gasteiger partial charge in [0.15, 0.2) is 0 Å². The Morgan fingerprint density at radius 1 is 1.16 bits per heavy atom. The molecule has 1 fully saturated rings. The lowest BCUT2D eigenvalue weighted by Gasteiger charge is -2.12. The topological polar surface area (TPSA) is 47.6 Å². The summed E-state index contributed by atoms with van der Waals surface area (Å²) in [6.07, 6.45) is 2.55. The molecule has 2 aromatic carbocycles. The minimum Gasteiger partial charge on any atom is -0.492 e. The van der Waals surface area contributed by atoms with Gasteiger partial charge in [0.05, 0.1) is 18.2 Å². The van der Waals surface area contributed by atoms with Gasteiger partial charge in [-0.3, -0.25) is 4.79 Å². The van der Waals surface area contributed by atoms with Crippen molar-refractivity contribution < 1.29 is 14.3 Å². The first kappa shape index (κ1) is 17.8. The van der Waals surface area contributed by atoms with Gasteiger partial charge in [0.25, 0.3) is 5.91 Å². The van der Waals surface area contributed by atoms with Crippen LogP contribution >= 0.6 is 11.8 Å². The van der Waals surface area contributed by atoms with E-state index in [1.165, 1.54) is 0 Å². The SMILES string of the molecule is O=C(NCCOc1ccccc1)c1ccccc1SCC1CCCO1. The normalized spacial score (nSPS) is 16.6. The molecule has 1 aliphatic rings. The second kappa shape index (κ2) is 9.49. The first-order valence-corrected chi connectivity index (χ1v) is 9.61. The summed E-state index contributed by atoms with van der Waals surface area (Å²) >= 11 is 1.69. The molecule has 0 radical (unpaired) electrons. The van der Waals surface area contributed by atoms with Gasteiger partial charge in [-0.25, -0.2) is 0 Å². The van der Waals surface area contributed by atoms with E-state index in [1.807, 2.05) is 54.6 Å². The number of ether oxygens (including phenoxy) is 2. The number of thioether (sulfide) groups is 1. The molecule has 132 valence electrons. The fraction of sp³-hybridized carbons (Fsp3) is 0.350. The molecule has 25 heavy (non-hydrogen) atoms. The molecule has 1 atom stereocenters. The van der Waals surface area contributed by atoms with E-state index >= 15 is 0 Å². The van der Waals surface area contributed by atoms with Crippen molar-refractivity contribution in [3.63, 3.8) is 0 Å². The van der Waals surface area contributed by atoms with Crippen molar-refractivity contribution >= 4 is 17.7 Å². The highest BCUT2D eigenvalue weighted by molar-refractivity contribution is 7.99. The molecule has 1 amide bonds. The zero-order valence-corrected chi connectivity index (χ0v) is 15.0. The van der Waals surface area contributed by atoms with E-state index in [1.54, 1.807) is 11.8 Å². The number of nitrogens with one attached hydrogen (secondary N) is 1. The Balaban J connectivity index is 1.47. The van der Waals surface area contributed by atoms with E-state index in [0.717, 1.165) is 35.8 Å². The van der Waals surface area contributed by atoms with Crippen molar-refractivity contribution in [2.75, 3.05) is 25.5 Å². The first-order chi connectivity index (χ1) is 12.3. The van der Waals surface area contributed by atoms with Crippen LogP contribution in [-0.4, -0.2) is 37.5 Å². The summed E-state index contributed by atoms with van der Waals surface area (Å²) in [5, 5.41) is 2.93. The fourth-order valence-electron chi connectivity index (χ4n) is 2.68. The highest BCUT2D eigenvalue weighted by atomic mass is 32.2. The van der Waals surface area contributed by atoms with Crippen LogP contribution in [0, 0.1) is 0 Å². The molecular formula is C20H23NO3S. The average Bonchev–Trinajstić information content (AvgIpc) is 3.18. The highest BCUT2D eigenvalue weighted by Gasteiger charge is 2.17. The smallest absolute Gasteiger partial charge is 0.252 e. The number of para-hydroxylation sites is 1. The lowest BCUT2D eigenvalue weighted by Crippen LogP contribution is -2.28. The van der Waals surface area contributed by atoms with Gasteiger partial charge in [-0.1, -0.05) is 30.3 Å². The van der Waals surface area contributed by atoms with E-state index in [4.69, 9.17) is 9.47 Å². The monoisotopic (exact) mass is 357 g/mol. The molecular weight excluding hydrogens is 334 g/mol. The molecule has 1 aliphatic heterocycles. The van der Waals surface area contributed by atoms with Crippen LogP contribution in [0.3, 0.4) is 0 Å². The van der Waals surface area contributed by atoms with Gasteiger partial charge in [0.1, 0.15) is 12.4 Å². The van der Waals surface area contributed by atoms with Crippen LogP contribution < -0.4 is 10.1 Å². The minimum absolute atomic E-state index is 0.0629. The van der Waals surface area contributed by atoms with Gasteiger partial charge in [0, 0.05) is 17.3 Å². The molecule has 5 heteroatoms. The van der Waals surface area contributed by atoms with Crippen molar-refractivity contribution in [1.82, 2.24) is 5.32 Å². The highest BCUT2D eigenvalue weighted by Crippen LogP contribution is 2.26. The minimum atomic E-state index is -0.0629. The Morgan fingerprint density at radius 3 is 2.76 bits per heavy atom. The summed E-state index contributed by atoms with van der Waals surface area (Å²) in [7, 11) is 0. The molecule has 3 rings (SSSR count). The number of hydrogen-bond acceptors (Lipinski definition) is 4. The molecule has 2 aromatic rings. The third-order valence-corrected chi connectivity index (χ3v) is 5.19. The summed E-state index contributed by atoms with van der Waals surface area (Å²) < 4.78 is 11.3. The van der Waals surface area contributed by atoms with E-state index < -0.39 is 0 Å². The summed E-state index contributed by atoms with van der Waals surface area (Å²) in [5.74, 6) is 1.64. The van der Waals surface area contributed by atoms with Crippen LogP contribution in [0.2, 0.25) is 0 Å². The largest absolute Gasteiger partial charge is 0.492 e. The number of benzene rings is 2. The molecule has 1 unspecified atom stereocenters. The Morgan fingerprint density at radius 2 is 1.96 bits per heavy atom. The van der Waals surface area contributed by atoms with Crippen molar-refractivity contribution in [3.05, 3.63) is 60.2 Å². The zero-order chi connectivity index (χ0) is 17.3. The van der Waals surface area contributed by atoms with Crippen LogP contribution in [0.25, 0.3) is 0 Å². The summed E-state index contributed by atoms with van der Waals surface area (Å²) in [4.78, 5) is 13.5. The quantitative estimate of drug-likeness (QED) is 0.577. The maximum absolute atomic E-state index is 12.5. The van der Waals surface area contributed by atoms with Crippen LogP contribution in [0.4, 0.5) is 0 Å². The number of amides is 1. The van der Waals surface area contributed by atoms with Crippen LogP contribution in [-0.2, 0) is 4.74 Å². The fourth-order valence-corrected chi connectivity index (χ4v) is 3.80. The number of carbonyl (C=O) groups is 1. The van der Waals surface area contributed by atoms with E-state index in [0.29, 0.717) is 24.8 Å². The molecule has 0 aliphatic carbocycles. The third-order valence-electron chi connectivity index (χ3n) is 3.98. The predicted molar refractivity (Wildman–Crippen MR) is 100 cm³/mol. The lowest BCUT2D eigenvalue weighted by atomic mass is 10.2. The van der Waals surface area contributed by atoms with Crippen molar-refractivity contribution in [3.8, 4) is 5.75 Å². The Labute approximate surface area is 152 Å². The van der Waals surface area contributed by atoms with Crippen molar-refractivity contribution in [1.29, 1.82) is 0 Å². The number of rotatable bonds is 8. The number of hydrogen-bond donors (Lipinski definition) is 1. The summed E-state index contributed by atoms with van der Waals surface area (Å²) in [5.41, 5.74) is 0.713. The van der Waals surface area contributed by atoms with Gasteiger partial charge in [-0.15, -0.1) is 11.8 Å². The van der Waals surface area contributed by atoms with Gasteiger partial charge >= 0.3 is 0 Å². The Kier molecular flexibility index (Phi) is 6.77. The molecule has 0 spiro atoms. The van der Waals surface area contributed by atoms with E-state index in [-0.39, 0.29) is 5.91 Å². The standard InChI is InChI=1S/C20H23NO3S/c22-20(21-12-14-24-16-7-2-1-3-8-16)18-10-4-5-11-19(18)25-15-17-9-6-13-23-17/h1-5,7-8,10-11,17H,6,9,12-15H2,(H,21,22). The van der Waals surface area contributed by atoms with Gasteiger partial charge in [-0.05, 0) is 37.1 Å². The van der Waals surface area contributed by atoms with Crippen molar-refractivity contribution in [2.45, 2.75) is 23.8 Å². The molecule has 1 saturated heterocycles. The average molecular weight is 357 g/mol. The third kappa shape index (κ3) is 5.51. The maximum Gasteiger partial charge on any atom is 0.252 e. The van der Waals surface area contributed by atoms with Gasteiger partial charge in [-0.2, -0.15) is 0 Å². The molecule has 0 aromatic heterocycles. The van der Waals surface area contributed by atoms with E-state index in [9.17, 15) is 4.79 Å². The van der Waals surface area contributed by atoms with Crippen LogP contribution in [0.5, 0.6) is 5.75 Å². The van der Waals surface area contributed by atoms with Gasteiger partial charge in [0.2, 0.25) is 0 Å². The first-order valence-electron chi connectivity index (χ1n) is 8.62. The Bertz CT molecular complexity index is 672. The zero-order valence-electron chi connectivity index (χ0n) is 14.1. The molecule has 1 heterocycles. The van der Waals surface area contributed by atoms with E-state index in [2.05, 4.69) is 5.32 Å². The predicted octanol–water partition coefficient (Wildman–Crippen LogP) is 3.77. The van der Waals surface area contributed by atoms with Crippen LogP contribution in [0.15, 0.2) is 59.5 Å². The Hall–Kier alpha value is -1.98. The summed E-state index contributed by atoms with van der Waals surface area (Å²) in [6.45, 7) is 1.77. The van der Waals surface area contributed by atoms with Crippen molar-refractivity contribution in [2.24, 2.45) is 0 Å². The number of carbonyl (C=O) groups excluding carboxylic acids is 1. The molecule has 1 N–H and O–H groups in total. The summed E-state index contributed by atoms with van der Waals surface area (Å²) in [6, 6.07) is 17.3. The molecule has 4 nitrogen and oxygen atoms in total. The lowest BCUT2D eigenvalue weighted by molar-refractivity contribution is 0.0944. The van der Waals surface area contributed by atoms with Crippen LogP contribution in [0.1, 0.15) is 23.2 Å². The maximum atomic E-state index is 12.5. The molecule has 0 bridgehead atoms. The second-order valence-corrected chi connectivity index (χ2v) is 6.92. The second-order valence-electron chi connectivity index (χ2n) is 5.86. The van der Waals surface area contributed by atoms with Gasteiger partial charge < -0.3 is 14.8 Å². The molecule has 0 saturated carbocycles.